The van der Waals surface area contributed by atoms with Crippen LogP contribution in [0.3, 0.4) is 0 Å². The molecule has 0 bridgehead atoms. The summed E-state index contributed by atoms with van der Waals surface area (Å²) in [5.41, 5.74) is 0.790. The predicted molar refractivity (Wildman–Crippen MR) is 59.3 cm³/mol. The fourth-order valence-electron chi connectivity index (χ4n) is 1.14. The van der Waals surface area contributed by atoms with Crippen LogP contribution in [0.15, 0.2) is 30.3 Å². The molecule has 1 aromatic rings. The van der Waals surface area contributed by atoms with Crippen LogP contribution in [-0.2, 0) is 9.59 Å². The fourth-order valence-corrected chi connectivity index (χ4v) is 1.14. The van der Waals surface area contributed by atoms with Gasteiger partial charge in [0.05, 0.1) is 7.11 Å². The Labute approximate surface area is 93.2 Å². The summed E-state index contributed by atoms with van der Waals surface area (Å²) in [7, 11) is 1.55. The Hall–Kier alpha value is -2.10. The van der Waals surface area contributed by atoms with Crippen LogP contribution in [-0.4, -0.2) is 24.0 Å². The lowest BCUT2D eigenvalue weighted by Gasteiger charge is -1.99. The minimum absolute atomic E-state index is 0.435. The maximum absolute atomic E-state index is 11.1. The number of aliphatic carboxylic acids is 1. The third-order valence-electron chi connectivity index (χ3n) is 1.88. The summed E-state index contributed by atoms with van der Waals surface area (Å²) in [6, 6.07) is 7.13. The van der Waals surface area contributed by atoms with E-state index >= 15 is 0 Å². The van der Waals surface area contributed by atoms with Crippen molar-refractivity contribution in [3.05, 3.63) is 35.9 Å². The summed E-state index contributed by atoms with van der Waals surface area (Å²) in [5, 5.41) is 8.39. The van der Waals surface area contributed by atoms with Crippen LogP contribution >= 0.6 is 0 Å². The van der Waals surface area contributed by atoms with E-state index in [1.54, 1.807) is 37.5 Å². The fraction of sp³-hybridized carbons (Fsp3) is 0.167. The summed E-state index contributed by atoms with van der Waals surface area (Å²) in [6.45, 7) is 0. The van der Waals surface area contributed by atoms with Gasteiger partial charge in [0.15, 0.2) is 5.78 Å². The van der Waals surface area contributed by atoms with Crippen molar-refractivity contribution >= 4 is 17.8 Å². The Morgan fingerprint density at radius 3 is 2.81 bits per heavy atom. The second-order valence-electron chi connectivity index (χ2n) is 3.15. The van der Waals surface area contributed by atoms with Gasteiger partial charge in [0, 0.05) is 0 Å². The number of carboxylic acids is 1. The number of rotatable bonds is 5. The second kappa shape index (κ2) is 5.70. The Bertz CT molecular complexity index is 421. The highest BCUT2D eigenvalue weighted by Crippen LogP contribution is 2.13. The first kappa shape index (κ1) is 12.0. The molecule has 0 fully saturated rings. The predicted octanol–water partition coefficient (Wildman–Crippen LogP) is 1.75. The molecule has 0 unspecified atom stereocenters. The lowest BCUT2D eigenvalue weighted by Crippen LogP contribution is -2.02. The van der Waals surface area contributed by atoms with Gasteiger partial charge in [-0.3, -0.25) is 9.59 Å². The number of carboxylic acid groups (broad SMARTS) is 1. The van der Waals surface area contributed by atoms with E-state index in [2.05, 4.69) is 0 Å². The van der Waals surface area contributed by atoms with Crippen molar-refractivity contribution in [2.24, 2.45) is 0 Å². The van der Waals surface area contributed by atoms with Crippen LogP contribution in [0.1, 0.15) is 12.0 Å². The van der Waals surface area contributed by atoms with E-state index < -0.39 is 18.2 Å². The van der Waals surface area contributed by atoms with E-state index in [0.29, 0.717) is 5.75 Å². The number of hydrogen-bond acceptors (Lipinski definition) is 3. The van der Waals surface area contributed by atoms with E-state index in [1.807, 2.05) is 0 Å². The molecule has 4 heteroatoms. The number of carbonyl (C=O) groups excluding carboxylic acids is 1. The zero-order valence-corrected chi connectivity index (χ0v) is 8.84. The van der Waals surface area contributed by atoms with Gasteiger partial charge in [-0.1, -0.05) is 18.2 Å². The molecule has 0 heterocycles. The smallest absolute Gasteiger partial charge is 0.311 e. The monoisotopic (exact) mass is 220 g/mol. The summed E-state index contributed by atoms with van der Waals surface area (Å²) < 4.78 is 5.01. The second-order valence-corrected chi connectivity index (χ2v) is 3.15. The molecule has 0 amide bonds. The van der Waals surface area contributed by atoms with Crippen LogP contribution in [0.2, 0.25) is 0 Å². The van der Waals surface area contributed by atoms with E-state index in [-0.39, 0.29) is 0 Å². The minimum atomic E-state index is -1.12. The molecule has 0 spiro atoms. The van der Waals surface area contributed by atoms with Crippen molar-refractivity contribution in [3.8, 4) is 5.75 Å². The topological polar surface area (TPSA) is 63.6 Å². The standard InChI is InChI=1S/C12H12O4/c1-16-11-4-2-3-9(7-11)5-6-10(13)8-12(14)15/h2-7H,8H2,1H3,(H,14,15)/b6-5+. The van der Waals surface area contributed by atoms with Gasteiger partial charge in [0.2, 0.25) is 0 Å². The van der Waals surface area contributed by atoms with Crippen LogP contribution in [0.5, 0.6) is 5.75 Å². The maximum Gasteiger partial charge on any atom is 0.311 e. The molecule has 16 heavy (non-hydrogen) atoms. The average Bonchev–Trinajstić information content (AvgIpc) is 2.26. The molecule has 0 saturated heterocycles. The molecular weight excluding hydrogens is 208 g/mol. The third-order valence-corrected chi connectivity index (χ3v) is 1.88. The molecule has 0 aliphatic heterocycles. The Kier molecular flexibility index (Phi) is 4.27. The molecule has 0 aliphatic carbocycles. The van der Waals surface area contributed by atoms with Crippen LogP contribution in [0.4, 0.5) is 0 Å². The molecule has 1 rings (SSSR count). The van der Waals surface area contributed by atoms with Gasteiger partial charge in [-0.25, -0.2) is 0 Å². The highest BCUT2D eigenvalue weighted by molar-refractivity contribution is 6.03. The molecule has 0 aliphatic rings. The normalized spacial score (nSPS) is 10.3. The number of allylic oxidation sites excluding steroid dienone is 1. The summed E-state index contributed by atoms with van der Waals surface area (Å²) in [5.74, 6) is -0.872. The van der Waals surface area contributed by atoms with E-state index in [9.17, 15) is 9.59 Å². The number of methoxy groups -OCH3 is 1. The van der Waals surface area contributed by atoms with Gasteiger partial charge in [-0.15, -0.1) is 0 Å². The summed E-state index contributed by atoms with van der Waals surface area (Å²) in [6.07, 6.45) is 2.33. The highest BCUT2D eigenvalue weighted by atomic mass is 16.5. The van der Waals surface area contributed by atoms with Gasteiger partial charge in [-0.05, 0) is 23.8 Å². The number of carbonyl (C=O) groups is 2. The lowest BCUT2D eigenvalue weighted by atomic mass is 10.1. The van der Waals surface area contributed by atoms with Gasteiger partial charge in [0.25, 0.3) is 0 Å². The van der Waals surface area contributed by atoms with E-state index in [1.165, 1.54) is 6.08 Å². The molecule has 0 saturated carbocycles. The van der Waals surface area contributed by atoms with Crippen molar-refractivity contribution in [1.29, 1.82) is 0 Å². The number of ether oxygens (including phenoxy) is 1. The SMILES string of the molecule is COc1cccc(/C=C/C(=O)CC(=O)O)c1. The first-order chi connectivity index (χ1) is 7.61. The Morgan fingerprint density at radius 1 is 1.44 bits per heavy atom. The number of benzene rings is 1. The van der Waals surface area contributed by atoms with Crippen molar-refractivity contribution < 1.29 is 19.4 Å². The van der Waals surface area contributed by atoms with Gasteiger partial charge in [0.1, 0.15) is 12.2 Å². The van der Waals surface area contributed by atoms with Crippen molar-refractivity contribution in [2.75, 3.05) is 7.11 Å². The van der Waals surface area contributed by atoms with Gasteiger partial charge in [-0.2, -0.15) is 0 Å². The first-order valence-corrected chi connectivity index (χ1v) is 4.68. The lowest BCUT2D eigenvalue weighted by molar-refractivity contribution is -0.139. The molecule has 1 N–H and O–H groups in total. The Morgan fingerprint density at radius 2 is 2.19 bits per heavy atom. The molecule has 0 aromatic heterocycles. The zero-order chi connectivity index (χ0) is 12.0. The molecular formula is C12H12O4. The van der Waals surface area contributed by atoms with Crippen LogP contribution in [0, 0.1) is 0 Å². The van der Waals surface area contributed by atoms with Crippen molar-refractivity contribution in [2.45, 2.75) is 6.42 Å². The first-order valence-electron chi connectivity index (χ1n) is 4.68. The quantitative estimate of drug-likeness (QED) is 0.606. The third kappa shape index (κ3) is 3.96. The zero-order valence-electron chi connectivity index (χ0n) is 8.84. The molecule has 84 valence electrons. The number of ketones is 1. The molecule has 0 atom stereocenters. The van der Waals surface area contributed by atoms with Crippen molar-refractivity contribution in [3.63, 3.8) is 0 Å². The molecule has 0 radical (unpaired) electrons. The minimum Gasteiger partial charge on any atom is -0.497 e. The van der Waals surface area contributed by atoms with Crippen molar-refractivity contribution in [1.82, 2.24) is 0 Å². The highest BCUT2D eigenvalue weighted by Gasteiger charge is 2.03. The van der Waals surface area contributed by atoms with E-state index in [4.69, 9.17) is 9.84 Å². The molecule has 4 nitrogen and oxygen atoms in total. The van der Waals surface area contributed by atoms with Crippen LogP contribution < -0.4 is 4.74 Å². The summed E-state index contributed by atoms with van der Waals surface area (Å²) in [4.78, 5) is 21.3. The largest absolute Gasteiger partial charge is 0.497 e. The van der Waals surface area contributed by atoms with Gasteiger partial charge < -0.3 is 9.84 Å². The Balaban J connectivity index is 2.68. The average molecular weight is 220 g/mol. The maximum atomic E-state index is 11.1. The van der Waals surface area contributed by atoms with E-state index in [0.717, 1.165) is 5.56 Å². The van der Waals surface area contributed by atoms with Gasteiger partial charge >= 0.3 is 5.97 Å². The number of hydrogen-bond donors (Lipinski definition) is 1. The summed E-state index contributed by atoms with van der Waals surface area (Å²) >= 11 is 0. The van der Waals surface area contributed by atoms with Crippen LogP contribution in [0.25, 0.3) is 6.08 Å². The molecule has 1 aromatic carbocycles.